The van der Waals surface area contributed by atoms with E-state index in [1.165, 1.54) is 17.3 Å². The normalized spacial score (nSPS) is 17.6. The molecule has 7 nitrogen and oxygen atoms in total. The fraction of sp³-hybridized carbons (Fsp3) is 0.310. The Morgan fingerprint density at radius 2 is 1.97 bits per heavy atom. The number of hydrogen-bond acceptors (Lipinski definition) is 7. The summed E-state index contributed by atoms with van der Waals surface area (Å²) in [5, 5.41) is 12.8. The van der Waals surface area contributed by atoms with Crippen molar-refractivity contribution in [1.29, 1.82) is 0 Å². The fourth-order valence-corrected chi connectivity index (χ4v) is 5.12. The second-order valence-electron chi connectivity index (χ2n) is 9.42. The molecular weight excluding hydrogens is 516 g/mol. The average molecular weight is 549 g/mol. The van der Waals surface area contributed by atoms with Gasteiger partial charge in [-0.15, -0.1) is 0 Å². The number of amidine groups is 2. The van der Waals surface area contributed by atoms with Crippen molar-refractivity contribution in [2.45, 2.75) is 46.6 Å². The van der Waals surface area contributed by atoms with Crippen LogP contribution in [0.15, 0.2) is 85.8 Å². The van der Waals surface area contributed by atoms with E-state index < -0.39 is 6.04 Å². The number of nitrogens with zero attached hydrogens (tertiary/aromatic N) is 3. The quantitative estimate of drug-likeness (QED) is 0.303. The number of hydrogen-bond donors (Lipinski definition) is 3. The molecular formula is C29H33ClN6OS. The molecule has 2 heterocycles. The number of allylic oxidation sites excluding steroid dienone is 2. The summed E-state index contributed by atoms with van der Waals surface area (Å²) in [4.78, 5) is 27.8. The number of nitrogens with one attached hydrogen (secondary N) is 3. The topological polar surface area (TPSA) is 90.2 Å². The van der Waals surface area contributed by atoms with Gasteiger partial charge < -0.3 is 16.0 Å². The van der Waals surface area contributed by atoms with Crippen molar-refractivity contribution in [2.24, 2.45) is 20.9 Å². The minimum absolute atomic E-state index is 0.00709. The molecule has 2 aromatic carbocycles. The zero-order valence-corrected chi connectivity index (χ0v) is 23.9. The SMILES string of the molecule is CC/C(C)=C/S/C(=N\C)NC(=O)C1=C(C(C)C)NC(NC2=Nc3ccccc3C2)=NC1c1ccccc1Cl. The highest BCUT2D eigenvalue weighted by Crippen LogP contribution is 2.36. The molecule has 2 aliphatic rings. The van der Waals surface area contributed by atoms with Gasteiger partial charge in [-0.25, -0.2) is 9.98 Å². The molecule has 38 heavy (non-hydrogen) atoms. The van der Waals surface area contributed by atoms with Crippen molar-refractivity contribution in [3.05, 3.63) is 86.9 Å². The molecule has 0 aliphatic carbocycles. The van der Waals surface area contributed by atoms with Gasteiger partial charge in [0.1, 0.15) is 11.9 Å². The first-order chi connectivity index (χ1) is 18.3. The molecule has 0 aromatic heterocycles. The first-order valence-corrected chi connectivity index (χ1v) is 13.9. The molecule has 0 saturated heterocycles. The number of benzene rings is 2. The second-order valence-corrected chi connectivity index (χ2v) is 10.7. The standard InChI is InChI=1S/C29H33ClN6OS/c1-6-18(4)16-38-29(31-5)36-27(37)24-25(17(2)3)34-28(35-26(24)20-12-8-9-13-21(20)30)33-23-15-19-11-7-10-14-22(19)32-23/h7-14,16-17,26H,6,15H2,1-5H3,(H,31,36,37)(H2,32,33,34,35)/b18-16+. The van der Waals surface area contributed by atoms with Crippen LogP contribution in [0, 0.1) is 5.92 Å². The number of halogens is 1. The number of carbonyl (C=O) groups excluding carboxylic acids is 1. The summed E-state index contributed by atoms with van der Waals surface area (Å²) in [6, 6.07) is 14.9. The number of carbonyl (C=O) groups is 1. The Kier molecular flexibility index (Phi) is 9.07. The minimum atomic E-state index is -0.620. The molecule has 0 bridgehead atoms. The van der Waals surface area contributed by atoms with Crippen LogP contribution in [0.5, 0.6) is 0 Å². The van der Waals surface area contributed by atoms with Gasteiger partial charge in [0.25, 0.3) is 5.91 Å². The van der Waals surface area contributed by atoms with Gasteiger partial charge in [-0.1, -0.05) is 86.1 Å². The van der Waals surface area contributed by atoms with E-state index in [1.54, 1.807) is 7.05 Å². The molecule has 1 amide bonds. The first kappa shape index (κ1) is 27.7. The number of aliphatic imine (C=N–C) groups is 3. The maximum absolute atomic E-state index is 13.8. The van der Waals surface area contributed by atoms with Crippen LogP contribution in [0.4, 0.5) is 5.69 Å². The predicted molar refractivity (Wildman–Crippen MR) is 160 cm³/mol. The Bertz CT molecular complexity index is 1370. The third-order valence-electron chi connectivity index (χ3n) is 6.32. The molecule has 2 aliphatic heterocycles. The molecule has 4 rings (SSSR count). The third kappa shape index (κ3) is 6.37. The van der Waals surface area contributed by atoms with E-state index >= 15 is 0 Å². The van der Waals surface area contributed by atoms with E-state index in [9.17, 15) is 4.79 Å². The van der Waals surface area contributed by atoms with Crippen LogP contribution in [-0.4, -0.2) is 29.9 Å². The van der Waals surface area contributed by atoms with Crippen molar-refractivity contribution >= 4 is 51.9 Å². The van der Waals surface area contributed by atoms with E-state index in [4.69, 9.17) is 21.6 Å². The number of fused-ring (bicyclic) bond motifs is 1. The number of amides is 1. The summed E-state index contributed by atoms with van der Waals surface area (Å²) < 4.78 is 0. The highest BCUT2D eigenvalue weighted by molar-refractivity contribution is 8.16. The van der Waals surface area contributed by atoms with Gasteiger partial charge in [0.15, 0.2) is 5.17 Å². The lowest BCUT2D eigenvalue weighted by Gasteiger charge is -2.30. The van der Waals surface area contributed by atoms with Gasteiger partial charge in [-0.2, -0.15) is 0 Å². The molecule has 1 unspecified atom stereocenters. The van der Waals surface area contributed by atoms with Gasteiger partial charge >= 0.3 is 0 Å². The molecule has 2 aromatic rings. The van der Waals surface area contributed by atoms with E-state index in [-0.39, 0.29) is 11.8 Å². The summed E-state index contributed by atoms with van der Waals surface area (Å²) in [6.07, 6.45) is 1.61. The molecule has 198 valence electrons. The van der Waals surface area contributed by atoms with E-state index in [0.717, 1.165) is 34.8 Å². The van der Waals surface area contributed by atoms with Crippen molar-refractivity contribution in [1.82, 2.24) is 16.0 Å². The summed E-state index contributed by atoms with van der Waals surface area (Å²) in [5.74, 6) is 1.06. The Hall–Kier alpha value is -3.36. The number of guanidine groups is 1. The van der Waals surface area contributed by atoms with E-state index in [2.05, 4.69) is 40.9 Å². The average Bonchev–Trinajstić information content (AvgIpc) is 3.32. The maximum atomic E-state index is 13.8. The molecule has 0 fully saturated rings. The lowest BCUT2D eigenvalue weighted by molar-refractivity contribution is -0.116. The van der Waals surface area contributed by atoms with Gasteiger partial charge in [0.2, 0.25) is 5.96 Å². The van der Waals surface area contributed by atoms with E-state index in [0.29, 0.717) is 28.1 Å². The summed E-state index contributed by atoms with van der Waals surface area (Å²) in [7, 11) is 1.67. The third-order valence-corrected chi connectivity index (χ3v) is 7.69. The van der Waals surface area contributed by atoms with Crippen LogP contribution in [-0.2, 0) is 11.2 Å². The van der Waals surface area contributed by atoms with Crippen molar-refractivity contribution in [3.8, 4) is 0 Å². The Morgan fingerprint density at radius 1 is 1.24 bits per heavy atom. The number of thioether (sulfide) groups is 1. The van der Waals surface area contributed by atoms with Gasteiger partial charge in [-0.05, 0) is 42.4 Å². The highest BCUT2D eigenvalue weighted by Gasteiger charge is 2.34. The van der Waals surface area contributed by atoms with Crippen LogP contribution in [0.1, 0.15) is 51.3 Å². The molecule has 3 N–H and O–H groups in total. The van der Waals surface area contributed by atoms with Crippen LogP contribution in [0.3, 0.4) is 0 Å². The van der Waals surface area contributed by atoms with Crippen molar-refractivity contribution < 1.29 is 4.79 Å². The Labute approximate surface area is 233 Å². The molecule has 0 spiro atoms. The number of para-hydroxylation sites is 1. The molecule has 9 heteroatoms. The van der Waals surface area contributed by atoms with Gasteiger partial charge in [-0.3, -0.25) is 9.79 Å². The predicted octanol–water partition coefficient (Wildman–Crippen LogP) is 6.28. The summed E-state index contributed by atoms with van der Waals surface area (Å²) in [6.45, 7) is 8.23. The lowest BCUT2D eigenvalue weighted by Crippen LogP contribution is -2.46. The largest absolute Gasteiger partial charge is 0.329 e. The van der Waals surface area contributed by atoms with Crippen LogP contribution < -0.4 is 16.0 Å². The molecule has 0 saturated carbocycles. The smallest absolute Gasteiger partial charge is 0.257 e. The van der Waals surface area contributed by atoms with Gasteiger partial charge in [0.05, 0.1) is 11.3 Å². The highest BCUT2D eigenvalue weighted by atomic mass is 35.5. The monoisotopic (exact) mass is 548 g/mol. The summed E-state index contributed by atoms with van der Waals surface area (Å²) >= 11 is 8.04. The zero-order chi connectivity index (χ0) is 27.2. The number of rotatable bonds is 5. The van der Waals surface area contributed by atoms with Crippen LogP contribution in [0.25, 0.3) is 0 Å². The minimum Gasteiger partial charge on any atom is -0.329 e. The molecule has 0 radical (unpaired) electrons. The fourth-order valence-electron chi connectivity index (χ4n) is 4.14. The lowest BCUT2D eigenvalue weighted by atomic mass is 9.91. The Morgan fingerprint density at radius 3 is 2.66 bits per heavy atom. The zero-order valence-electron chi connectivity index (χ0n) is 22.3. The second kappa shape index (κ2) is 12.5. The van der Waals surface area contributed by atoms with Crippen molar-refractivity contribution in [3.63, 3.8) is 0 Å². The first-order valence-electron chi connectivity index (χ1n) is 12.7. The van der Waals surface area contributed by atoms with Crippen LogP contribution in [0.2, 0.25) is 5.02 Å². The summed E-state index contributed by atoms with van der Waals surface area (Å²) in [5.41, 5.74) is 5.34. The van der Waals surface area contributed by atoms with Gasteiger partial charge in [0, 0.05) is 29.8 Å². The molecule has 1 atom stereocenters. The Balaban J connectivity index is 1.69. The van der Waals surface area contributed by atoms with Crippen molar-refractivity contribution in [2.75, 3.05) is 7.05 Å². The maximum Gasteiger partial charge on any atom is 0.257 e. The van der Waals surface area contributed by atoms with Crippen LogP contribution >= 0.6 is 23.4 Å². The van der Waals surface area contributed by atoms with E-state index in [1.807, 2.05) is 61.7 Å².